The Balaban J connectivity index is 2.13. The molecule has 0 bridgehead atoms. The van der Waals surface area contributed by atoms with Gasteiger partial charge in [0, 0.05) is 11.7 Å². The van der Waals surface area contributed by atoms with E-state index in [0.717, 1.165) is 12.0 Å². The van der Waals surface area contributed by atoms with Crippen LogP contribution in [-0.4, -0.2) is 17.1 Å². The molecule has 0 aliphatic carbocycles. The number of rotatable bonds is 3. The number of carboxylic acids is 1. The van der Waals surface area contributed by atoms with Gasteiger partial charge in [-0.3, -0.25) is 4.79 Å². The van der Waals surface area contributed by atoms with Gasteiger partial charge in [0.15, 0.2) is 0 Å². The van der Waals surface area contributed by atoms with Crippen LogP contribution in [0.15, 0.2) is 18.2 Å². The molecule has 0 saturated carbocycles. The van der Waals surface area contributed by atoms with E-state index in [4.69, 9.17) is 5.11 Å². The Morgan fingerprint density at radius 2 is 2.38 bits per heavy atom. The Kier molecular flexibility index (Phi) is 2.86. The number of aliphatic carboxylic acids is 1. The molecule has 0 amide bonds. The van der Waals surface area contributed by atoms with E-state index in [-0.39, 0.29) is 5.92 Å². The number of benzene rings is 1. The van der Waals surface area contributed by atoms with Crippen LogP contribution in [0.1, 0.15) is 25.0 Å². The second-order valence-corrected chi connectivity index (χ2v) is 4.68. The standard InChI is InChI=1S/C13H17NO2/c1-8(13(15)16)5-10-3-4-12-11(7-10)6-9(2)14-12/h3-4,7-9,14H,5-6H2,1-2H3,(H,15,16). The molecule has 2 rings (SSSR count). The molecule has 1 aliphatic rings. The topological polar surface area (TPSA) is 49.3 Å². The fraction of sp³-hybridized carbons (Fsp3) is 0.462. The zero-order valence-electron chi connectivity index (χ0n) is 9.66. The lowest BCUT2D eigenvalue weighted by Crippen LogP contribution is -2.12. The lowest BCUT2D eigenvalue weighted by molar-refractivity contribution is -0.141. The van der Waals surface area contributed by atoms with Crippen LogP contribution in [0.5, 0.6) is 0 Å². The van der Waals surface area contributed by atoms with Crippen LogP contribution in [0.25, 0.3) is 0 Å². The van der Waals surface area contributed by atoms with Gasteiger partial charge < -0.3 is 10.4 Å². The second kappa shape index (κ2) is 4.16. The highest BCUT2D eigenvalue weighted by atomic mass is 16.4. The normalized spacial score (nSPS) is 20.0. The van der Waals surface area contributed by atoms with Crippen molar-refractivity contribution in [1.29, 1.82) is 0 Å². The van der Waals surface area contributed by atoms with Gasteiger partial charge in [0.2, 0.25) is 0 Å². The van der Waals surface area contributed by atoms with Gasteiger partial charge in [-0.25, -0.2) is 0 Å². The smallest absolute Gasteiger partial charge is 0.306 e. The quantitative estimate of drug-likeness (QED) is 0.820. The van der Waals surface area contributed by atoms with Crippen LogP contribution in [0.4, 0.5) is 5.69 Å². The summed E-state index contributed by atoms with van der Waals surface area (Å²) in [6.45, 7) is 3.90. The van der Waals surface area contributed by atoms with Crippen LogP contribution in [-0.2, 0) is 17.6 Å². The first-order chi connectivity index (χ1) is 7.56. The predicted octanol–water partition coefficient (Wildman–Crippen LogP) is 2.31. The Hall–Kier alpha value is -1.51. The van der Waals surface area contributed by atoms with Gasteiger partial charge in [0.05, 0.1) is 5.92 Å². The third-order valence-electron chi connectivity index (χ3n) is 3.06. The average molecular weight is 219 g/mol. The molecule has 1 aromatic carbocycles. The molecular formula is C13H17NO2. The van der Waals surface area contributed by atoms with Crippen LogP contribution in [0, 0.1) is 5.92 Å². The highest BCUT2D eigenvalue weighted by Crippen LogP contribution is 2.27. The number of nitrogens with one attached hydrogen (secondary N) is 1. The van der Waals surface area contributed by atoms with E-state index in [0.29, 0.717) is 12.5 Å². The summed E-state index contributed by atoms with van der Waals surface area (Å²) in [6, 6.07) is 6.69. The van der Waals surface area contributed by atoms with Crippen LogP contribution >= 0.6 is 0 Å². The molecule has 0 spiro atoms. The lowest BCUT2D eigenvalue weighted by Gasteiger charge is -2.08. The zero-order chi connectivity index (χ0) is 11.7. The second-order valence-electron chi connectivity index (χ2n) is 4.68. The van der Waals surface area contributed by atoms with Crippen molar-refractivity contribution >= 4 is 11.7 Å². The van der Waals surface area contributed by atoms with E-state index < -0.39 is 5.97 Å². The van der Waals surface area contributed by atoms with Crippen molar-refractivity contribution in [1.82, 2.24) is 0 Å². The Bertz CT molecular complexity index is 414. The van der Waals surface area contributed by atoms with Gasteiger partial charge in [-0.2, -0.15) is 0 Å². The molecule has 3 heteroatoms. The third-order valence-corrected chi connectivity index (χ3v) is 3.06. The first-order valence-electron chi connectivity index (χ1n) is 5.67. The van der Waals surface area contributed by atoms with Crippen molar-refractivity contribution < 1.29 is 9.90 Å². The van der Waals surface area contributed by atoms with Crippen LogP contribution in [0.3, 0.4) is 0 Å². The van der Waals surface area contributed by atoms with Gasteiger partial charge in [-0.1, -0.05) is 19.1 Å². The fourth-order valence-electron chi connectivity index (χ4n) is 2.17. The number of fused-ring (bicyclic) bond motifs is 1. The molecular weight excluding hydrogens is 202 g/mol. The summed E-state index contributed by atoms with van der Waals surface area (Å²) in [5.41, 5.74) is 3.62. The molecule has 0 radical (unpaired) electrons. The SMILES string of the molecule is CC1Cc2cc(CC(C)C(=O)O)ccc2N1. The number of carbonyl (C=O) groups is 1. The maximum atomic E-state index is 10.8. The van der Waals surface area contributed by atoms with E-state index in [1.54, 1.807) is 6.92 Å². The van der Waals surface area contributed by atoms with Gasteiger partial charge in [-0.15, -0.1) is 0 Å². The third kappa shape index (κ3) is 2.18. The molecule has 2 unspecified atom stereocenters. The molecule has 3 nitrogen and oxygen atoms in total. The van der Waals surface area contributed by atoms with Crippen molar-refractivity contribution in [3.63, 3.8) is 0 Å². The first-order valence-corrected chi connectivity index (χ1v) is 5.67. The highest BCUT2D eigenvalue weighted by molar-refractivity contribution is 5.70. The first kappa shape index (κ1) is 11.0. The summed E-state index contributed by atoms with van der Waals surface area (Å²) >= 11 is 0. The minimum atomic E-state index is -0.730. The molecule has 0 aromatic heterocycles. The predicted molar refractivity (Wildman–Crippen MR) is 63.7 cm³/mol. The van der Waals surface area contributed by atoms with Crippen LogP contribution < -0.4 is 5.32 Å². The Morgan fingerprint density at radius 3 is 3.06 bits per heavy atom. The Labute approximate surface area is 95.5 Å². The fourth-order valence-corrected chi connectivity index (χ4v) is 2.17. The summed E-state index contributed by atoms with van der Waals surface area (Å²) in [4.78, 5) is 10.8. The minimum Gasteiger partial charge on any atom is -0.481 e. The van der Waals surface area contributed by atoms with Crippen LogP contribution in [0.2, 0.25) is 0 Å². The molecule has 2 atom stereocenters. The largest absolute Gasteiger partial charge is 0.481 e. The monoisotopic (exact) mass is 219 g/mol. The minimum absolute atomic E-state index is 0.315. The molecule has 0 saturated heterocycles. The van der Waals surface area contributed by atoms with Crippen molar-refractivity contribution in [2.24, 2.45) is 5.92 Å². The molecule has 1 aliphatic heterocycles. The molecule has 0 fully saturated rings. The number of anilines is 1. The highest BCUT2D eigenvalue weighted by Gasteiger charge is 2.18. The van der Waals surface area contributed by atoms with E-state index in [1.165, 1.54) is 11.3 Å². The molecule has 86 valence electrons. The number of carboxylic acid groups (broad SMARTS) is 1. The lowest BCUT2D eigenvalue weighted by atomic mass is 9.98. The Morgan fingerprint density at radius 1 is 1.62 bits per heavy atom. The summed E-state index contributed by atoms with van der Waals surface area (Å²) in [5.74, 6) is -1.04. The van der Waals surface area contributed by atoms with Gasteiger partial charge in [-0.05, 0) is 37.0 Å². The number of hydrogen-bond acceptors (Lipinski definition) is 2. The molecule has 1 heterocycles. The van der Waals surface area contributed by atoms with Gasteiger partial charge in [0.25, 0.3) is 0 Å². The average Bonchev–Trinajstić information content (AvgIpc) is 2.57. The van der Waals surface area contributed by atoms with Gasteiger partial charge >= 0.3 is 5.97 Å². The van der Waals surface area contributed by atoms with E-state index in [1.807, 2.05) is 6.07 Å². The van der Waals surface area contributed by atoms with Crippen molar-refractivity contribution in [2.75, 3.05) is 5.32 Å². The van der Waals surface area contributed by atoms with Gasteiger partial charge in [0.1, 0.15) is 0 Å². The van der Waals surface area contributed by atoms with E-state index in [9.17, 15) is 4.79 Å². The zero-order valence-corrected chi connectivity index (χ0v) is 9.66. The number of hydrogen-bond donors (Lipinski definition) is 2. The maximum absolute atomic E-state index is 10.8. The summed E-state index contributed by atoms with van der Waals surface area (Å²) in [6.07, 6.45) is 1.64. The molecule has 16 heavy (non-hydrogen) atoms. The van der Waals surface area contributed by atoms with Crippen molar-refractivity contribution in [3.05, 3.63) is 29.3 Å². The molecule has 1 aromatic rings. The van der Waals surface area contributed by atoms with E-state index in [2.05, 4.69) is 24.4 Å². The summed E-state index contributed by atoms with van der Waals surface area (Å²) < 4.78 is 0. The summed E-state index contributed by atoms with van der Waals surface area (Å²) in [5, 5.41) is 12.3. The maximum Gasteiger partial charge on any atom is 0.306 e. The summed E-state index contributed by atoms with van der Waals surface area (Å²) in [7, 11) is 0. The molecule has 2 N–H and O–H groups in total. The van der Waals surface area contributed by atoms with Crippen molar-refractivity contribution in [3.8, 4) is 0 Å². The van der Waals surface area contributed by atoms with Crippen molar-refractivity contribution in [2.45, 2.75) is 32.7 Å². The van der Waals surface area contributed by atoms with E-state index >= 15 is 0 Å².